The molecule has 0 bridgehead atoms. The summed E-state index contributed by atoms with van der Waals surface area (Å²) in [7, 11) is 0. The third-order valence-electron chi connectivity index (χ3n) is 4.53. The molecule has 3 aromatic rings. The molecule has 1 heterocycles. The average Bonchev–Trinajstić information content (AvgIpc) is 3.31. The van der Waals surface area contributed by atoms with Gasteiger partial charge in [-0.05, 0) is 54.6 Å². The first-order chi connectivity index (χ1) is 15.8. The number of rotatable bonds is 9. The second-order valence-electron chi connectivity index (χ2n) is 7.02. The fourth-order valence-corrected chi connectivity index (χ4v) is 3.67. The molecule has 0 aliphatic heterocycles. The predicted molar refractivity (Wildman–Crippen MR) is 120 cm³/mol. The van der Waals surface area contributed by atoms with E-state index in [1.165, 1.54) is 17.0 Å². The molecule has 0 spiro atoms. The third kappa shape index (κ3) is 6.91. The van der Waals surface area contributed by atoms with Crippen molar-refractivity contribution in [2.75, 3.05) is 17.2 Å². The number of hydrogen-bond acceptors (Lipinski definition) is 4. The van der Waals surface area contributed by atoms with Crippen molar-refractivity contribution in [3.05, 3.63) is 81.8 Å². The molecule has 3 amide bonds. The minimum absolute atomic E-state index is 0.183. The molecule has 0 saturated heterocycles. The van der Waals surface area contributed by atoms with Crippen LogP contribution in [0.25, 0.3) is 0 Å². The fraction of sp³-hybridized carbons (Fsp3) is 0.174. The number of halogens is 3. The molecule has 0 aliphatic rings. The van der Waals surface area contributed by atoms with Gasteiger partial charge in [0.05, 0.1) is 12.2 Å². The quantitative estimate of drug-likeness (QED) is 0.399. The summed E-state index contributed by atoms with van der Waals surface area (Å²) < 4.78 is 39.8. The van der Waals surface area contributed by atoms with Gasteiger partial charge in [-0.25, -0.2) is 13.2 Å². The molecular formula is C23H20F3N3O3S. The van der Waals surface area contributed by atoms with E-state index in [4.69, 9.17) is 0 Å². The van der Waals surface area contributed by atoms with Gasteiger partial charge in [-0.1, -0.05) is 12.1 Å². The average molecular weight is 475 g/mol. The van der Waals surface area contributed by atoms with E-state index in [0.29, 0.717) is 24.6 Å². The molecule has 0 atom stereocenters. The van der Waals surface area contributed by atoms with E-state index in [1.807, 2.05) is 17.5 Å². The molecule has 2 aromatic carbocycles. The van der Waals surface area contributed by atoms with E-state index < -0.39 is 41.5 Å². The highest BCUT2D eigenvalue weighted by atomic mass is 32.1. The zero-order valence-corrected chi connectivity index (χ0v) is 18.1. The molecular weight excluding hydrogens is 455 g/mol. The monoisotopic (exact) mass is 475 g/mol. The van der Waals surface area contributed by atoms with Crippen LogP contribution in [0.2, 0.25) is 0 Å². The Hall–Kier alpha value is -3.66. The van der Waals surface area contributed by atoms with Crippen LogP contribution in [0.4, 0.5) is 24.5 Å². The molecule has 3 rings (SSSR count). The lowest BCUT2D eigenvalue weighted by molar-refractivity contribution is -0.116. The number of amides is 3. The van der Waals surface area contributed by atoms with E-state index in [-0.39, 0.29) is 11.5 Å². The van der Waals surface area contributed by atoms with Crippen molar-refractivity contribution in [2.24, 2.45) is 0 Å². The third-order valence-corrected chi connectivity index (χ3v) is 5.47. The van der Waals surface area contributed by atoms with Gasteiger partial charge in [-0.3, -0.25) is 14.4 Å². The van der Waals surface area contributed by atoms with Crippen LogP contribution in [0.15, 0.2) is 53.9 Å². The van der Waals surface area contributed by atoms with Crippen LogP contribution < -0.4 is 16.0 Å². The van der Waals surface area contributed by atoms with Gasteiger partial charge in [-0.2, -0.15) is 0 Å². The summed E-state index contributed by atoms with van der Waals surface area (Å²) in [5, 5.41) is 9.11. The molecule has 6 nitrogen and oxygen atoms in total. The Labute approximate surface area is 191 Å². The van der Waals surface area contributed by atoms with Gasteiger partial charge in [0.25, 0.3) is 5.91 Å². The summed E-state index contributed by atoms with van der Waals surface area (Å²) in [6.45, 7) is -0.531. The van der Waals surface area contributed by atoms with Crippen LogP contribution in [0.3, 0.4) is 0 Å². The Balaban J connectivity index is 1.48. The van der Waals surface area contributed by atoms with E-state index in [2.05, 4.69) is 16.0 Å². The number of carbonyl (C=O) groups is 3. The van der Waals surface area contributed by atoms with Crippen molar-refractivity contribution in [3.63, 3.8) is 0 Å². The van der Waals surface area contributed by atoms with E-state index >= 15 is 0 Å². The zero-order valence-electron chi connectivity index (χ0n) is 17.3. The van der Waals surface area contributed by atoms with Crippen LogP contribution in [0, 0.1) is 17.5 Å². The Kier molecular flexibility index (Phi) is 8.20. The molecule has 0 unspecified atom stereocenters. The first-order valence-corrected chi connectivity index (χ1v) is 10.9. The largest absolute Gasteiger partial charge is 0.343 e. The zero-order chi connectivity index (χ0) is 23.8. The molecule has 10 heteroatoms. The van der Waals surface area contributed by atoms with Crippen molar-refractivity contribution >= 4 is 40.4 Å². The van der Waals surface area contributed by atoms with Crippen molar-refractivity contribution in [3.8, 4) is 0 Å². The number of thiophene rings is 1. The second kappa shape index (κ2) is 11.3. The number of hydrogen-bond donors (Lipinski definition) is 3. The summed E-state index contributed by atoms with van der Waals surface area (Å²) >= 11 is 1.64. The first kappa shape index (κ1) is 24.0. The Morgan fingerprint density at radius 1 is 0.879 bits per heavy atom. The standard InChI is InChI=1S/C23H20F3N3O3S/c24-17-9-10-18(22(26)21(17)25)29-20(31)13-27-23(32)14-4-1-5-15(12-14)28-19(30)8-2-6-16-7-3-11-33-16/h1,3-5,7,9-12H,2,6,8,13H2,(H,27,32)(H,28,30)(H,29,31). The molecule has 172 valence electrons. The summed E-state index contributed by atoms with van der Waals surface area (Å²) in [4.78, 5) is 37.6. The Bertz CT molecular complexity index is 1150. The lowest BCUT2D eigenvalue weighted by Crippen LogP contribution is -2.33. The highest BCUT2D eigenvalue weighted by Gasteiger charge is 2.16. The Morgan fingerprint density at radius 2 is 1.70 bits per heavy atom. The van der Waals surface area contributed by atoms with Crippen LogP contribution in [0.1, 0.15) is 28.1 Å². The van der Waals surface area contributed by atoms with Gasteiger partial charge in [-0.15, -0.1) is 11.3 Å². The minimum atomic E-state index is -1.71. The second-order valence-corrected chi connectivity index (χ2v) is 8.05. The topological polar surface area (TPSA) is 87.3 Å². The summed E-state index contributed by atoms with van der Waals surface area (Å²) in [5.41, 5.74) is 0.0761. The Morgan fingerprint density at radius 3 is 2.45 bits per heavy atom. The first-order valence-electron chi connectivity index (χ1n) is 9.97. The van der Waals surface area contributed by atoms with Crippen LogP contribution >= 0.6 is 11.3 Å². The van der Waals surface area contributed by atoms with Crippen LogP contribution in [-0.2, 0) is 16.0 Å². The maximum absolute atomic E-state index is 13.6. The fourth-order valence-electron chi connectivity index (χ4n) is 2.92. The van der Waals surface area contributed by atoms with Crippen LogP contribution in [-0.4, -0.2) is 24.3 Å². The van der Waals surface area contributed by atoms with Crippen molar-refractivity contribution in [1.29, 1.82) is 0 Å². The molecule has 0 fully saturated rings. The summed E-state index contributed by atoms with van der Waals surface area (Å²) in [6, 6.07) is 11.7. The van der Waals surface area contributed by atoms with Crippen molar-refractivity contribution < 1.29 is 27.6 Å². The van der Waals surface area contributed by atoms with E-state index in [0.717, 1.165) is 12.5 Å². The molecule has 0 radical (unpaired) electrons. The van der Waals surface area contributed by atoms with Gasteiger partial charge < -0.3 is 16.0 Å². The minimum Gasteiger partial charge on any atom is -0.343 e. The molecule has 0 saturated carbocycles. The van der Waals surface area contributed by atoms with E-state index in [1.54, 1.807) is 23.5 Å². The lowest BCUT2D eigenvalue weighted by Gasteiger charge is -2.10. The maximum Gasteiger partial charge on any atom is 0.251 e. The van der Waals surface area contributed by atoms with Crippen molar-refractivity contribution in [2.45, 2.75) is 19.3 Å². The smallest absolute Gasteiger partial charge is 0.251 e. The highest BCUT2D eigenvalue weighted by molar-refractivity contribution is 7.09. The van der Waals surface area contributed by atoms with Gasteiger partial charge in [0.2, 0.25) is 11.8 Å². The summed E-state index contributed by atoms with van der Waals surface area (Å²) in [5.74, 6) is -6.24. The van der Waals surface area contributed by atoms with Gasteiger partial charge in [0, 0.05) is 22.5 Å². The number of anilines is 2. The molecule has 33 heavy (non-hydrogen) atoms. The van der Waals surface area contributed by atoms with Gasteiger partial charge in [0.15, 0.2) is 17.5 Å². The highest BCUT2D eigenvalue weighted by Crippen LogP contribution is 2.19. The number of carbonyl (C=O) groups excluding carboxylic acids is 3. The van der Waals surface area contributed by atoms with Gasteiger partial charge in [0.1, 0.15) is 0 Å². The molecule has 3 N–H and O–H groups in total. The van der Waals surface area contributed by atoms with Crippen molar-refractivity contribution in [1.82, 2.24) is 5.32 Å². The summed E-state index contributed by atoms with van der Waals surface area (Å²) in [6.07, 6.45) is 1.83. The molecule has 1 aromatic heterocycles. The lowest BCUT2D eigenvalue weighted by atomic mass is 10.1. The van der Waals surface area contributed by atoms with Crippen LogP contribution in [0.5, 0.6) is 0 Å². The predicted octanol–water partition coefficient (Wildman–Crippen LogP) is 4.50. The van der Waals surface area contributed by atoms with Gasteiger partial charge >= 0.3 is 0 Å². The maximum atomic E-state index is 13.6. The number of aryl methyl sites for hydroxylation is 1. The molecule has 0 aliphatic carbocycles. The normalized spacial score (nSPS) is 10.5. The SMILES string of the molecule is O=C(CCCc1cccs1)Nc1cccc(C(=O)NCC(=O)Nc2ccc(F)c(F)c2F)c1. The van der Waals surface area contributed by atoms with E-state index in [9.17, 15) is 27.6 Å². The number of nitrogens with one attached hydrogen (secondary N) is 3. The number of benzene rings is 2.